The molecule has 0 aliphatic heterocycles. The number of nitrogens with two attached hydrogens (primary N) is 1. The summed E-state index contributed by atoms with van der Waals surface area (Å²) in [6.45, 7) is 0. The number of hydrogen-bond acceptors (Lipinski definition) is 6. The fourth-order valence-corrected chi connectivity index (χ4v) is 2.36. The van der Waals surface area contributed by atoms with Crippen molar-refractivity contribution in [2.45, 2.75) is 38.1 Å². The van der Waals surface area contributed by atoms with Crippen LogP contribution >= 0.6 is 0 Å². The van der Waals surface area contributed by atoms with Crippen LogP contribution in [0.3, 0.4) is 0 Å². The van der Waals surface area contributed by atoms with Crippen molar-refractivity contribution in [2.75, 3.05) is 36.7 Å². The summed E-state index contributed by atoms with van der Waals surface area (Å²) >= 11 is 0. The molecule has 100 valence electrons. The molecule has 2 N–H and O–H groups in total. The van der Waals surface area contributed by atoms with Gasteiger partial charge in [-0.05, 0) is 12.8 Å². The van der Waals surface area contributed by atoms with Crippen molar-refractivity contribution in [1.29, 1.82) is 0 Å². The maximum atomic E-state index is 5.75. The molecule has 0 unspecified atom stereocenters. The van der Waals surface area contributed by atoms with Crippen molar-refractivity contribution < 1.29 is 0 Å². The van der Waals surface area contributed by atoms with Crippen LogP contribution in [0.2, 0.25) is 0 Å². The third-order valence-electron chi connectivity index (χ3n) is 3.47. The van der Waals surface area contributed by atoms with Gasteiger partial charge >= 0.3 is 0 Å². The van der Waals surface area contributed by atoms with Crippen LogP contribution in [0, 0.1) is 0 Å². The van der Waals surface area contributed by atoms with E-state index in [-0.39, 0.29) is 5.95 Å². The predicted octanol–water partition coefficient (Wildman–Crippen LogP) is 1.29. The minimum Gasteiger partial charge on any atom is -0.368 e. The number of nitrogen functional groups attached to an aromatic ring is 1. The zero-order valence-electron chi connectivity index (χ0n) is 11.4. The second kappa shape index (κ2) is 5.37. The summed E-state index contributed by atoms with van der Waals surface area (Å²) in [5.41, 5.74) is 5.75. The maximum Gasteiger partial charge on any atom is 0.231 e. The van der Waals surface area contributed by atoms with E-state index in [9.17, 15) is 0 Å². The quantitative estimate of drug-likeness (QED) is 0.871. The SMILES string of the molecule is CN(C)c1nc(N)nc(N(C)C2CCCCC2)n1. The van der Waals surface area contributed by atoms with Gasteiger partial charge in [-0.2, -0.15) is 15.0 Å². The van der Waals surface area contributed by atoms with Crippen LogP contribution in [0.25, 0.3) is 0 Å². The highest BCUT2D eigenvalue weighted by atomic mass is 15.3. The van der Waals surface area contributed by atoms with E-state index in [1.165, 1.54) is 32.1 Å². The molecule has 1 aliphatic rings. The molecule has 0 spiro atoms. The molecule has 1 aromatic rings. The van der Waals surface area contributed by atoms with Gasteiger partial charge in [0.25, 0.3) is 0 Å². The first-order valence-corrected chi connectivity index (χ1v) is 6.49. The van der Waals surface area contributed by atoms with Crippen molar-refractivity contribution >= 4 is 17.8 Å². The van der Waals surface area contributed by atoms with E-state index in [1.807, 2.05) is 26.0 Å². The van der Waals surface area contributed by atoms with Gasteiger partial charge in [-0.25, -0.2) is 0 Å². The Labute approximate surface area is 108 Å². The Kier molecular flexibility index (Phi) is 3.84. The summed E-state index contributed by atoms with van der Waals surface area (Å²) in [7, 11) is 5.85. The fourth-order valence-electron chi connectivity index (χ4n) is 2.36. The van der Waals surface area contributed by atoms with E-state index in [0.717, 1.165) is 0 Å². The Morgan fingerprint density at radius 2 is 1.56 bits per heavy atom. The lowest BCUT2D eigenvalue weighted by Crippen LogP contribution is -2.35. The van der Waals surface area contributed by atoms with Gasteiger partial charge < -0.3 is 15.5 Å². The third-order valence-corrected chi connectivity index (χ3v) is 3.47. The zero-order chi connectivity index (χ0) is 13.1. The van der Waals surface area contributed by atoms with Gasteiger partial charge in [-0.3, -0.25) is 0 Å². The number of nitrogens with zero attached hydrogens (tertiary/aromatic N) is 5. The van der Waals surface area contributed by atoms with E-state index in [2.05, 4.69) is 19.9 Å². The van der Waals surface area contributed by atoms with E-state index >= 15 is 0 Å². The molecule has 1 saturated carbocycles. The monoisotopic (exact) mass is 250 g/mol. The molecule has 2 rings (SSSR count). The van der Waals surface area contributed by atoms with Crippen LogP contribution in [-0.4, -0.2) is 42.1 Å². The molecule has 1 heterocycles. The van der Waals surface area contributed by atoms with Crippen molar-refractivity contribution in [3.63, 3.8) is 0 Å². The first-order chi connectivity index (χ1) is 8.58. The Bertz CT molecular complexity index is 400. The second-order valence-electron chi connectivity index (χ2n) is 5.09. The van der Waals surface area contributed by atoms with Crippen molar-refractivity contribution in [3.8, 4) is 0 Å². The summed E-state index contributed by atoms with van der Waals surface area (Å²) in [5, 5.41) is 0. The van der Waals surface area contributed by atoms with Crippen molar-refractivity contribution in [2.24, 2.45) is 0 Å². The molecule has 1 aromatic heterocycles. The smallest absolute Gasteiger partial charge is 0.231 e. The molecule has 0 amide bonds. The molecular formula is C12H22N6. The number of aromatic nitrogens is 3. The molecule has 0 bridgehead atoms. The summed E-state index contributed by atoms with van der Waals surface area (Å²) in [4.78, 5) is 16.8. The predicted molar refractivity (Wildman–Crippen MR) is 73.8 cm³/mol. The highest BCUT2D eigenvalue weighted by molar-refractivity contribution is 5.42. The van der Waals surface area contributed by atoms with Gasteiger partial charge in [0.15, 0.2) is 0 Å². The van der Waals surface area contributed by atoms with Crippen molar-refractivity contribution in [3.05, 3.63) is 0 Å². The Hall–Kier alpha value is -1.59. The van der Waals surface area contributed by atoms with E-state index in [4.69, 9.17) is 5.73 Å². The highest BCUT2D eigenvalue weighted by Crippen LogP contribution is 2.24. The second-order valence-corrected chi connectivity index (χ2v) is 5.09. The Morgan fingerprint density at radius 3 is 2.17 bits per heavy atom. The molecule has 6 nitrogen and oxygen atoms in total. The lowest BCUT2D eigenvalue weighted by atomic mass is 9.95. The highest BCUT2D eigenvalue weighted by Gasteiger charge is 2.21. The fraction of sp³-hybridized carbons (Fsp3) is 0.750. The molecule has 0 atom stereocenters. The average Bonchev–Trinajstić information content (AvgIpc) is 2.38. The van der Waals surface area contributed by atoms with Crippen LogP contribution in [0.1, 0.15) is 32.1 Å². The summed E-state index contributed by atoms with van der Waals surface area (Å²) in [6, 6.07) is 0.524. The van der Waals surface area contributed by atoms with E-state index in [0.29, 0.717) is 17.9 Å². The van der Waals surface area contributed by atoms with Gasteiger partial charge in [0, 0.05) is 27.2 Å². The summed E-state index contributed by atoms with van der Waals surface area (Å²) in [6.07, 6.45) is 6.33. The number of rotatable bonds is 3. The van der Waals surface area contributed by atoms with Gasteiger partial charge in [-0.1, -0.05) is 19.3 Å². The van der Waals surface area contributed by atoms with Crippen LogP contribution in [0.5, 0.6) is 0 Å². The Balaban J connectivity index is 2.20. The Morgan fingerprint density at radius 1 is 0.944 bits per heavy atom. The lowest BCUT2D eigenvalue weighted by Gasteiger charge is -2.31. The largest absolute Gasteiger partial charge is 0.368 e. The standard InChI is InChI=1S/C12H22N6/c1-17(2)11-14-10(13)15-12(16-11)18(3)9-7-5-4-6-8-9/h9H,4-8H2,1-3H3,(H2,13,14,15,16). The first-order valence-electron chi connectivity index (χ1n) is 6.49. The lowest BCUT2D eigenvalue weighted by molar-refractivity contribution is 0.424. The van der Waals surface area contributed by atoms with Crippen LogP contribution in [0.15, 0.2) is 0 Å². The average molecular weight is 250 g/mol. The maximum absolute atomic E-state index is 5.75. The first kappa shape index (κ1) is 12.9. The minimum atomic E-state index is 0.284. The van der Waals surface area contributed by atoms with Crippen LogP contribution in [-0.2, 0) is 0 Å². The molecule has 6 heteroatoms. The third kappa shape index (κ3) is 2.80. The molecule has 1 aliphatic carbocycles. The van der Waals surface area contributed by atoms with Crippen molar-refractivity contribution in [1.82, 2.24) is 15.0 Å². The molecule has 1 fully saturated rings. The summed E-state index contributed by atoms with van der Waals surface area (Å²) < 4.78 is 0. The van der Waals surface area contributed by atoms with E-state index < -0.39 is 0 Å². The van der Waals surface area contributed by atoms with Gasteiger partial charge in [0.05, 0.1) is 0 Å². The topological polar surface area (TPSA) is 71.2 Å². The van der Waals surface area contributed by atoms with Gasteiger partial charge in [-0.15, -0.1) is 0 Å². The molecular weight excluding hydrogens is 228 g/mol. The van der Waals surface area contributed by atoms with E-state index in [1.54, 1.807) is 0 Å². The molecule has 18 heavy (non-hydrogen) atoms. The van der Waals surface area contributed by atoms with Gasteiger partial charge in [0.2, 0.25) is 17.8 Å². The molecule has 0 aromatic carbocycles. The summed E-state index contributed by atoms with van der Waals surface area (Å²) in [5.74, 6) is 1.57. The molecule has 0 radical (unpaired) electrons. The van der Waals surface area contributed by atoms with Gasteiger partial charge in [0.1, 0.15) is 0 Å². The normalized spacial score (nSPS) is 16.6. The van der Waals surface area contributed by atoms with Crippen LogP contribution in [0.4, 0.5) is 17.8 Å². The minimum absolute atomic E-state index is 0.284. The zero-order valence-corrected chi connectivity index (χ0v) is 11.4. The number of anilines is 3. The number of hydrogen-bond donors (Lipinski definition) is 1. The van der Waals surface area contributed by atoms with Crippen LogP contribution < -0.4 is 15.5 Å². The molecule has 0 saturated heterocycles.